The zero-order valence-electron chi connectivity index (χ0n) is 12.1. The number of aryl methyl sites for hydroxylation is 1. The maximum atomic E-state index is 5.55. The molecule has 0 spiro atoms. The van der Waals surface area contributed by atoms with Crippen LogP contribution in [-0.4, -0.2) is 44.2 Å². The number of rotatable bonds is 2. The van der Waals surface area contributed by atoms with E-state index in [1.165, 1.54) is 43.6 Å². The molecule has 19 heavy (non-hydrogen) atoms. The Morgan fingerprint density at radius 2 is 2.00 bits per heavy atom. The second-order valence-corrected chi connectivity index (χ2v) is 5.81. The van der Waals surface area contributed by atoms with Gasteiger partial charge in [-0.25, -0.2) is 0 Å². The minimum atomic E-state index is 0.743. The third-order valence-corrected chi connectivity index (χ3v) is 4.48. The van der Waals surface area contributed by atoms with E-state index in [0.717, 1.165) is 24.9 Å². The summed E-state index contributed by atoms with van der Waals surface area (Å²) in [6.45, 7) is 7.01. The monoisotopic (exact) mass is 260 g/mol. The lowest BCUT2D eigenvalue weighted by molar-refractivity contribution is 0.273. The summed E-state index contributed by atoms with van der Waals surface area (Å²) in [6, 6.07) is 7.24. The van der Waals surface area contributed by atoms with E-state index in [1.54, 1.807) is 7.11 Å². The van der Waals surface area contributed by atoms with E-state index in [1.807, 2.05) is 0 Å². The summed E-state index contributed by atoms with van der Waals surface area (Å²) in [5.74, 6) is 1.01. The lowest BCUT2D eigenvalue weighted by atomic mass is 10.1. The van der Waals surface area contributed by atoms with Gasteiger partial charge in [0.15, 0.2) is 0 Å². The number of methoxy groups -OCH3 is 1. The molecule has 3 nitrogen and oxygen atoms in total. The van der Waals surface area contributed by atoms with Crippen molar-refractivity contribution < 1.29 is 4.74 Å². The zero-order chi connectivity index (χ0) is 13.2. The Morgan fingerprint density at radius 1 is 1.16 bits per heavy atom. The molecule has 3 heteroatoms. The van der Waals surface area contributed by atoms with E-state index in [9.17, 15) is 0 Å². The molecular formula is C16H24N2O. The average molecular weight is 260 g/mol. The summed E-state index contributed by atoms with van der Waals surface area (Å²) < 4.78 is 5.55. The molecule has 2 fully saturated rings. The molecule has 104 valence electrons. The molecule has 2 saturated heterocycles. The zero-order valence-corrected chi connectivity index (χ0v) is 12.1. The van der Waals surface area contributed by atoms with E-state index < -0.39 is 0 Å². The highest BCUT2D eigenvalue weighted by Crippen LogP contribution is 2.32. The van der Waals surface area contributed by atoms with E-state index in [2.05, 4.69) is 34.9 Å². The Balaban J connectivity index is 1.86. The van der Waals surface area contributed by atoms with Crippen LogP contribution in [0.25, 0.3) is 0 Å². The number of nitrogens with zero attached hydrogens (tertiary/aromatic N) is 2. The lowest BCUT2D eigenvalue weighted by Crippen LogP contribution is -2.36. The van der Waals surface area contributed by atoms with Crippen molar-refractivity contribution in [1.82, 2.24) is 4.90 Å². The predicted octanol–water partition coefficient (Wildman–Crippen LogP) is 2.68. The van der Waals surface area contributed by atoms with Gasteiger partial charge in [0, 0.05) is 25.7 Å². The Kier molecular flexibility index (Phi) is 3.65. The topological polar surface area (TPSA) is 15.7 Å². The van der Waals surface area contributed by atoms with E-state index >= 15 is 0 Å². The van der Waals surface area contributed by atoms with Crippen LogP contribution in [0.1, 0.15) is 24.8 Å². The van der Waals surface area contributed by atoms with Gasteiger partial charge in [0.2, 0.25) is 0 Å². The van der Waals surface area contributed by atoms with Gasteiger partial charge in [0.25, 0.3) is 0 Å². The number of ether oxygens (including phenoxy) is 1. The molecule has 0 aliphatic carbocycles. The van der Waals surface area contributed by atoms with Gasteiger partial charge in [-0.3, -0.25) is 4.90 Å². The molecule has 0 saturated carbocycles. The summed E-state index contributed by atoms with van der Waals surface area (Å²) in [5.41, 5.74) is 2.58. The normalized spacial score (nSPS) is 24.1. The van der Waals surface area contributed by atoms with Crippen LogP contribution >= 0.6 is 0 Å². The number of hydrogen-bond acceptors (Lipinski definition) is 3. The van der Waals surface area contributed by atoms with E-state index in [0.29, 0.717) is 0 Å². The highest BCUT2D eigenvalue weighted by molar-refractivity contribution is 5.60. The molecular weight excluding hydrogens is 236 g/mol. The molecule has 1 unspecified atom stereocenters. The predicted molar refractivity (Wildman–Crippen MR) is 79.2 cm³/mol. The van der Waals surface area contributed by atoms with Crippen LogP contribution in [0.3, 0.4) is 0 Å². The summed E-state index contributed by atoms with van der Waals surface area (Å²) >= 11 is 0. The first-order valence-electron chi connectivity index (χ1n) is 7.41. The number of hydrogen-bond donors (Lipinski definition) is 0. The van der Waals surface area contributed by atoms with Gasteiger partial charge < -0.3 is 9.64 Å². The highest BCUT2D eigenvalue weighted by Gasteiger charge is 2.29. The van der Waals surface area contributed by atoms with Gasteiger partial charge in [-0.15, -0.1) is 0 Å². The van der Waals surface area contributed by atoms with Crippen LogP contribution in [0.4, 0.5) is 5.69 Å². The van der Waals surface area contributed by atoms with Crippen molar-refractivity contribution in [2.75, 3.05) is 38.2 Å². The smallest absolute Gasteiger partial charge is 0.142 e. The van der Waals surface area contributed by atoms with Crippen LogP contribution in [0.5, 0.6) is 5.75 Å². The maximum absolute atomic E-state index is 5.55. The maximum Gasteiger partial charge on any atom is 0.142 e. The van der Waals surface area contributed by atoms with E-state index in [4.69, 9.17) is 4.74 Å². The number of fused-ring (bicyclic) bond motifs is 1. The molecule has 1 aromatic carbocycles. The van der Waals surface area contributed by atoms with Gasteiger partial charge in [-0.1, -0.05) is 6.07 Å². The summed E-state index contributed by atoms with van der Waals surface area (Å²) in [7, 11) is 1.77. The van der Waals surface area contributed by atoms with Crippen LogP contribution in [0, 0.1) is 6.92 Å². The van der Waals surface area contributed by atoms with Crippen LogP contribution in [0.2, 0.25) is 0 Å². The first-order valence-corrected chi connectivity index (χ1v) is 7.41. The van der Waals surface area contributed by atoms with Gasteiger partial charge >= 0.3 is 0 Å². The van der Waals surface area contributed by atoms with Crippen LogP contribution < -0.4 is 9.64 Å². The molecule has 1 aromatic rings. The largest absolute Gasteiger partial charge is 0.495 e. The van der Waals surface area contributed by atoms with Crippen molar-refractivity contribution in [1.29, 1.82) is 0 Å². The van der Waals surface area contributed by atoms with Crippen molar-refractivity contribution in [3.8, 4) is 5.75 Å². The summed E-state index contributed by atoms with van der Waals surface area (Å²) in [6.07, 6.45) is 3.97. The molecule has 0 amide bonds. The van der Waals surface area contributed by atoms with Crippen molar-refractivity contribution in [2.24, 2.45) is 0 Å². The summed E-state index contributed by atoms with van der Waals surface area (Å²) in [4.78, 5) is 5.20. The molecule has 0 N–H and O–H groups in total. The Bertz CT molecular complexity index is 446. The molecule has 2 aliphatic heterocycles. The molecule has 0 bridgehead atoms. The third-order valence-electron chi connectivity index (χ3n) is 4.48. The van der Waals surface area contributed by atoms with Crippen LogP contribution in [-0.2, 0) is 0 Å². The number of benzene rings is 1. The minimum absolute atomic E-state index is 0.743. The Morgan fingerprint density at radius 3 is 2.84 bits per heavy atom. The molecule has 1 atom stereocenters. The Labute approximate surface area is 116 Å². The molecule has 0 aromatic heterocycles. The fourth-order valence-electron chi connectivity index (χ4n) is 3.47. The van der Waals surface area contributed by atoms with E-state index in [-0.39, 0.29) is 0 Å². The highest BCUT2D eigenvalue weighted by atomic mass is 16.5. The van der Waals surface area contributed by atoms with Gasteiger partial charge in [-0.2, -0.15) is 0 Å². The summed E-state index contributed by atoms with van der Waals surface area (Å²) in [5, 5.41) is 0. The molecule has 2 aliphatic rings. The van der Waals surface area contributed by atoms with Crippen molar-refractivity contribution in [2.45, 2.75) is 32.2 Å². The lowest BCUT2D eigenvalue weighted by Gasteiger charge is -2.28. The first kappa shape index (κ1) is 12.8. The average Bonchev–Trinajstić information content (AvgIpc) is 2.76. The quantitative estimate of drug-likeness (QED) is 0.813. The molecule has 3 rings (SSSR count). The SMILES string of the molecule is COc1ccc(C)cc1N1CCCN2CCCC2C1. The fourth-order valence-corrected chi connectivity index (χ4v) is 3.47. The second-order valence-electron chi connectivity index (χ2n) is 5.81. The number of anilines is 1. The fraction of sp³-hybridized carbons (Fsp3) is 0.625. The van der Waals surface area contributed by atoms with Crippen molar-refractivity contribution >= 4 is 5.69 Å². The molecule has 0 radical (unpaired) electrons. The van der Waals surface area contributed by atoms with Gasteiger partial charge in [0.05, 0.1) is 12.8 Å². The molecule has 2 heterocycles. The van der Waals surface area contributed by atoms with Gasteiger partial charge in [-0.05, 0) is 50.4 Å². The Hall–Kier alpha value is -1.22. The van der Waals surface area contributed by atoms with Gasteiger partial charge in [0.1, 0.15) is 5.75 Å². The van der Waals surface area contributed by atoms with Crippen molar-refractivity contribution in [3.05, 3.63) is 23.8 Å². The first-order chi connectivity index (χ1) is 9.28. The second kappa shape index (κ2) is 5.41. The minimum Gasteiger partial charge on any atom is -0.495 e. The standard InChI is InChI=1S/C16H24N2O/c1-13-6-7-16(19-2)15(11-13)18-10-4-9-17-8-3-5-14(17)12-18/h6-7,11,14H,3-5,8-10,12H2,1-2H3. The van der Waals surface area contributed by atoms with Crippen LogP contribution in [0.15, 0.2) is 18.2 Å². The van der Waals surface area contributed by atoms with Crippen molar-refractivity contribution in [3.63, 3.8) is 0 Å². The third kappa shape index (κ3) is 2.57.